The highest BCUT2D eigenvalue weighted by Gasteiger charge is 2.34. The van der Waals surface area contributed by atoms with Crippen LogP contribution in [0.5, 0.6) is 11.5 Å². The Labute approximate surface area is 144 Å². The zero-order valence-corrected chi connectivity index (χ0v) is 13.4. The molecule has 0 saturated heterocycles. The highest BCUT2D eigenvalue weighted by Crippen LogP contribution is 2.42. The monoisotopic (exact) mass is 386 g/mol. The molecule has 26 heavy (non-hydrogen) atoms. The Hall–Kier alpha value is -2.13. The molecule has 1 aromatic rings. The van der Waals surface area contributed by atoms with E-state index in [9.17, 15) is 31.1 Å². The van der Waals surface area contributed by atoms with E-state index in [0.29, 0.717) is 12.8 Å². The molecule has 1 N–H and O–H groups in total. The van der Waals surface area contributed by atoms with E-state index in [4.69, 9.17) is 9.84 Å². The number of hydrogen-bond acceptors (Lipinski definition) is 3. The molecule has 1 saturated carbocycles. The highest BCUT2D eigenvalue weighted by molar-refractivity contribution is 5.70. The second kappa shape index (κ2) is 7.63. The van der Waals surface area contributed by atoms with Crippen LogP contribution in [0.3, 0.4) is 0 Å². The summed E-state index contributed by atoms with van der Waals surface area (Å²) in [6, 6.07) is 2.89. The number of ether oxygens (including phenoxy) is 2. The zero-order chi connectivity index (χ0) is 19.5. The van der Waals surface area contributed by atoms with Crippen LogP contribution in [0.25, 0.3) is 0 Å². The molecule has 0 radical (unpaired) electrons. The quantitative estimate of drug-likeness (QED) is 0.733. The molecular formula is C16H16F6O4. The predicted octanol–water partition coefficient (Wildman–Crippen LogP) is 4.88. The third-order valence-electron chi connectivity index (χ3n) is 4.12. The van der Waals surface area contributed by atoms with Crippen LogP contribution in [0.15, 0.2) is 18.2 Å². The van der Waals surface area contributed by atoms with Crippen molar-refractivity contribution in [1.29, 1.82) is 0 Å². The number of carboxylic acids is 1. The van der Waals surface area contributed by atoms with E-state index in [1.807, 2.05) is 0 Å². The third-order valence-corrected chi connectivity index (χ3v) is 4.12. The van der Waals surface area contributed by atoms with Gasteiger partial charge in [-0.05, 0) is 49.8 Å². The Morgan fingerprint density at radius 3 is 2.19 bits per heavy atom. The molecule has 0 atom stereocenters. The smallest absolute Gasteiger partial charge is 0.484 e. The minimum Gasteiger partial charge on any atom is -0.484 e. The van der Waals surface area contributed by atoms with E-state index >= 15 is 0 Å². The summed E-state index contributed by atoms with van der Waals surface area (Å²) in [5.41, 5.74) is 0.153. The number of aliphatic carboxylic acids is 1. The number of carbonyl (C=O) groups is 1. The van der Waals surface area contributed by atoms with Crippen molar-refractivity contribution >= 4 is 5.97 Å². The fourth-order valence-electron chi connectivity index (χ4n) is 2.99. The lowest BCUT2D eigenvalue weighted by Gasteiger charge is -2.28. The standard InChI is InChI=1S/C16H16F6O4/c17-15(18,19)8-25-13-6-5-11(26-16(20,21)22)7-12(13)9-1-3-10(4-2-9)14(23)24/h5-7,9-10H,1-4,8H2,(H,23,24). The molecule has 0 bridgehead atoms. The molecule has 146 valence electrons. The third kappa shape index (κ3) is 5.99. The number of rotatable bonds is 5. The predicted molar refractivity (Wildman–Crippen MR) is 77.0 cm³/mol. The maximum Gasteiger partial charge on any atom is 0.573 e. The minimum atomic E-state index is -4.94. The van der Waals surface area contributed by atoms with Gasteiger partial charge in [0.1, 0.15) is 11.5 Å². The molecule has 1 fully saturated rings. The van der Waals surface area contributed by atoms with Crippen molar-refractivity contribution in [2.24, 2.45) is 5.92 Å². The van der Waals surface area contributed by atoms with E-state index < -0.39 is 42.7 Å². The van der Waals surface area contributed by atoms with E-state index in [1.54, 1.807) is 0 Å². The number of alkyl halides is 6. The van der Waals surface area contributed by atoms with Gasteiger partial charge in [-0.15, -0.1) is 13.2 Å². The summed E-state index contributed by atoms with van der Waals surface area (Å²) in [6.07, 6.45) is -8.35. The Bertz CT molecular complexity index is 633. The maximum atomic E-state index is 12.4. The van der Waals surface area contributed by atoms with E-state index in [2.05, 4.69) is 4.74 Å². The van der Waals surface area contributed by atoms with Gasteiger partial charge in [0.05, 0.1) is 5.92 Å². The van der Waals surface area contributed by atoms with Gasteiger partial charge in [-0.25, -0.2) is 0 Å². The van der Waals surface area contributed by atoms with Crippen LogP contribution in [0, 0.1) is 5.92 Å². The van der Waals surface area contributed by atoms with Gasteiger partial charge in [0.25, 0.3) is 0 Å². The zero-order valence-electron chi connectivity index (χ0n) is 13.4. The van der Waals surface area contributed by atoms with Gasteiger partial charge in [0, 0.05) is 5.56 Å². The molecule has 0 spiro atoms. The van der Waals surface area contributed by atoms with Crippen LogP contribution in [0.2, 0.25) is 0 Å². The second-order valence-corrected chi connectivity index (χ2v) is 6.04. The van der Waals surface area contributed by atoms with Crippen LogP contribution in [-0.4, -0.2) is 30.2 Å². The van der Waals surface area contributed by atoms with Gasteiger partial charge in [-0.2, -0.15) is 13.2 Å². The number of hydrogen-bond donors (Lipinski definition) is 1. The summed E-state index contributed by atoms with van der Waals surface area (Å²) in [5.74, 6) is -2.69. The minimum absolute atomic E-state index is 0.153. The van der Waals surface area contributed by atoms with Crippen molar-refractivity contribution in [3.63, 3.8) is 0 Å². The molecule has 1 aliphatic rings. The van der Waals surface area contributed by atoms with Crippen molar-refractivity contribution < 1.29 is 45.7 Å². The van der Waals surface area contributed by atoms with Gasteiger partial charge in [0.2, 0.25) is 0 Å². The van der Waals surface area contributed by atoms with Crippen molar-refractivity contribution in [1.82, 2.24) is 0 Å². The Kier molecular flexibility index (Phi) is 5.92. The van der Waals surface area contributed by atoms with Crippen LogP contribution in [0.1, 0.15) is 37.2 Å². The summed E-state index contributed by atoms with van der Waals surface area (Å²) in [4.78, 5) is 11.0. The van der Waals surface area contributed by atoms with Crippen LogP contribution in [-0.2, 0) is 4.79 Å². The molecule has 1 aliphatic carbocycles. The summed E-state index contributed by atoms with van der Waals surface area (Å²) < 4.78 is 82.9. The van der Waals surface area contributed by atoms with Gasteiger partial charge in [-0.1, -0.05) is 0 Å². The van der Waals surface area contributed by atoms with Gasteiger partial charge in [0.15, 0.2) is 6.61 Å². The van der Waals surface area contributed by atoms with E-state index in [-0.39, 0.29) is 24.2 Å². The fourth-order valence-corrected chi connectivity index (χ4v) is 2.99. The molecule has 0 aromatic heterocycles. The van der Waals surface area contributed by atoms with Crippen molar-refractivity contribution in [2.45, 2.75) is 44.1 Å². The summed E-state index contributed by atoms with van der Waals surface area (Å²) in [7, 11) is 0. The molecule has 0 unspecified atom stereocenters. The Balaban J connectivity index is 2.23. The highest BCUT2D eigenvalue weighted by atomic mass is 19.4. The molecule has 2 rings (SSSR count). The second-order valence-electron chi connectivity index (χ2n) is 6.04. The summed E-state index contributed by atoms with van der Waals surface area (Å²) in [5, 5.41) is 9.00. The average molecular weight is 386 g/mol. The van der Waals surface area contributed by atoms with E-state index in [0.717, 1.165) is 18.2 Å². The normalized spacial score (nSPS) is 21.3. The molecule has 0 heterocycles. The van der Waals surface area contributed by atoms with Gasteiger partial charge >= 0.3 is 18.5 Å². The Morgan fingerprint density at radius 2 is 1.69 bits per heavy atom. The molecule has 4 nitrogen and oxygen atoms in total. The van der Waals surface area contributed by atoms with Gasteiger partial charge < -0.3 is 14.6 Å². The van der Waals surface area contributed by atoms with Crippen LogP contribution < -0.4 is 9.47 Å². The van der Waals surface area contributed by atoms with Crippen molar-refractivity contribution in [3.05, 3.63) is 23.8 Å². The van der Waals surface area contributed by atoms with Gasteiger partial charge in [-0.3, -0.25) is 4.79 Å². The lowest BCUT2D eigenvalue weighted by molar-refractivity contribution is -0.274. The van der Waals surface area contributed by atoms with Crippen LogP contribution >= 0.6 is 0 Å². The average Bonchev–Trinajstić information content (AvgIpc) is 2.51. The largest absolute Gasteiger partial charge is 0.573 e. The molecule has 0 aliphatic heterocycles. The lowest BCUT2D eigenvalue weighted by Crippen LogP contribution is -2.23. The first-order chi connectivity index (χ1) is 11.9. The van der Waals surface area contributed by atoms with Crippen molar-refractivity contribution in [3.8, 4) is 11.5 Å². The number of carboxylic acid groups (broad SMARTS) is 1. The summed E-state index contributed by atoms with van der Waals surface area (Å²) >= 11 is 0. The first-order valence-electron chi connectivity index (χ1n) is 7.76. The molecule has 10 heteroatoms. The first kappa shape index (κ1) is 20.2. The number of halogens is 6. The number of benzene rings is 1. The fraction of sp³-hybridized carbons (Fsp3) is 0.562. The summed E-state index contributed by atoms with van der Waals surface area (Å²) in [6.45, 7) is -1.58. The van der Waals surface area contributed by atoms with Crippen molar-refractivity contribution in [2.75, 3.05) is 6.61 Å². The SMILES string of the molecule is O=C(O)C1CCC(c2cc(OC(F)(F)F)ccc2OCC(F)(F)F)CC1. The van der Waals surface area contributed by atoms with E-state index in [1.165, 1.54) is 0 Å². The topological polar surface area (TPSA) is 55.8 Å². The van der Waals surface area contributed by atoms with Crippen LogP contribution in [0.4, 0.5) is 26.3 Å². The molecular weight excluding hydrogens is 370 g/mol. The molecule has 0 amide bonds. The Morgan fingerprint density at radius 1 is 1.08 bits per heavy atom. The first-order valence-corrected chi connectivity index (χ1v) is 7.76. The maximum absolute atomic E-state index is 12.4. The lowest BCUT2D eigenvalue weighted by atomic mass is 9.78. The molecule has 1 aromatic carbocycles.